The second-order valence-electron chi connectivity index (χ2n) is 5.35. The highest BCUT2D eigenvalue weighted by Gasteiger charge is 2.19. The SMILES string of the molecule is CC(SCc1cccc(F)c1F)C(=O)N(C)Cc1ccccc1. The zero-order valence-electron chi connectivity index (χ0n) is 13.1. The minimum atomic E-state index is -0.858. The van der Waals surface area contributed by atoms with Crippen LogP contribution in [0.1, 0.15) is 18.1 Å². The lowest BCUT2D eigenvalue weighted by molar-refractivity contribution is -0.129. The van der Waals surface area contributed by atoms with Gasteiger partial charge < -0.3 is 4.90 Å². The highest BCUT2D eigenvalue weighted by atomic mass is 32.2. The van der Waals surface area contributed by atoms with E-state index in [1.54, 1.807) is 18.9 Å². The van der Waals surface area contributed by atoms with Crippen LogP contribution in [0.25, 0.3) is 0 Å². The first-order valence-electron chi connectivity index (χ1n) is 7.32. The summed E-state index contributed by atoms with van der Waals surface area (Å²) in [5.41, 5.74) is 1.33. The van der Waals surface area contributed by atoms with Gasteiger partial charge in [-0.05, 0) is 18.6 Å². The Labute approximate surface area is 139 Å². The number of benzene rings is 2. The predicted molar refractivity (Wildman–Crippen MR) is 90.0 cm³/mol. The van der Waals surface area contributed by atoms with Crippen LogP contribution in [0.5, 0.6) is 0 Å². The van der Waals surface area contributed by atoms with E-state index in [0.29, 0.717) is 6.54 Å². The van der Waals surface area contributed by atoms with E-state index >= 15 is 0 Å². The molecule has 0 aromatic heterocycles. The zero-order valence-corrected chi connectivity index (χ0v) is 13.9. The van der Waals surface area contributed by atoms with Crippen LogP contribution in [0.4, 0.5) is 8.78 Å². The van der Waals surface area contributed by atoms with Crippen molar-refractivity contribution in [3.8, 4) is 0 Å². The number of rotatable bonds is 6. The van der Waals surface area contributed by atoms with E-state index in [1.165, 1.54) is 23.9 Å². The van der Waals surface area contributed by atoms with Gasteiger partial charge in [0.2, 0.25) is 5.91 Å². The minimum Gasteiger partial charge on any atom is -0.340 e. The topological polar surface area (TPSA) is 20.3 Å². The smallest absolute Gasteiger partial charge is 0.235 e. The summed E-state index contributed by atoms with van der Waals surface area (Å²) in [5, 5.41) is -0.327. The Hall–Kier alpha value is -1.88. The Balaban J connectivity index is 1.90. The van der Waals surface area contributed by atoms with Gasteiger partial charge in [0.25, 0.3) is 0 Å². The Morgan fingerprint density at radius 3 is 2.52 bits per heavy atom. The van der Waals surface area contributed by atoms with Crippen LogP contribution in [-0.4, -0.2) is 23.1 Å². The molecule has 0 heterocycles. The Morgan fingerprint density at radius 1 is 1.13 bits per heavy atom. The lowest BCUT2D eigenvalue weighted by Gasteiger charge is -2.21. The number of hydrogen-bond donors (Lipinski definition) is 0. The van der Waals surface area contributed by atoms with E-state index in [2.05, 4.69) is 0 Å². The fraction of sp³-hybridized carbons (Fsp3) is 0.278. The molecule has 1 amide bonds. The lowest BCUT2D eigenvalue weighted by atomic mass is 10.2. The van der Waals surface area contributed by atoms with Crippen LogP contribution in [0, 0.1) is 11.6 Å². The van der Waals surface area contributed by atoms with Crippen LogP contribution in [0.3, 0.4) is 0 Å². The van der Waals surface area contributed by atoms with Crippen molar-refractivity contribution in [2.75, 3.05) is 7.05 Å². The molecule has 2 rings (SSSR count). The number of hydrogen-bond acceptors (Lipinski definition) is 2. The Morgan fingerprint density at radius 2 is 1.83 bits per heavy atom. The number of nitrogens with zero attached hydrogens (tertiary/aromatic N) is 1. The van der Waals surface area contributed by atoms with Gasteiger partial charge in [-0.15, -0.1) is 11.8 Å². The van der Waals surface area contributed by atoms with Crippen molar-refractivity contribution < 1.29 is 13.6 Å². The van der Waals surface area contributed by atoms with Gasteiger partial charge in [-0.2, -0.15) is 0 Å². The molecule has 23 heavy (non-hydrogen) atoms. The molecule has 0 aliphatic carbocycles. The minimum absolute atomic E-state index is 0.0318. The molecule has 0 saturated heterocycles. The number of amides is 1. The van der Waals surface area contributed by atoms with Crippen LogP contribution >= 0.6 is 11.8 Å². The molecule has 5 heteroatoms. The molecule has 0 radical (unpaired) electrons. The van der Waals surface area contributed by atoms with Gasteiger partial charge in [0.05, 0.1) is 5.25 Å². The van der Waals surface area contributed by atoms with E-state index in [-0.39, 0.29) is 22.5 Å². The number of carbonyl (C=O) groups excluding carboxylic acids is 1. The fourth-order valence-electron chi connectivity index (χ4n) is 2.19. The van der Waals surface area contributed by atoms with Crippen LogP contribution in [0.2, 0.25) is 0 Å². The van der Waals surface area contributed by atoms with Gasteiger partial charge in [-0.1, -0.05) is 42.5 Å². The number of halogens is 2. The van der Waals surface area contributed by atoms with Gasteiger partial charge in [0, 0.05) is 24.9 Å². The molecule has 0 N–H and O–H groups in total. The van der Waals surface area contributed by atoms with Gasteiger partial charge in [0.1, 0.15) is 0 Å². The first-order chi connectivity index (χ1) is 11.0. The van der Waals surface area contributed by atoms with Crippen molar-refractivity contribution >= 4 is 17.7 Å². The lowest BCUT2D eigenvalue weighted by Crippen LogP contribution is -2.32. The van der Waals surface area contributed by atoms with Gasteiger partial charge >= 0.3 is 0 Å². The third-order valence-corrected chi connectivity index (χ3v) is 4.69. The summed E-state index contributed by atoms with van der Waals surface area (Å²) < 4.78 is 26.8. The quantitative estimate of drug-likeness (QED) is 0.787. The molecule has 0 spiro atoms. The van der Waals surface area contributed by atoms with Crippen LogP contribution in [-0.2, 0) is 17.1 Å². The zero-order chi connectivity index (χ0) is 16.8. The Bertz CT molecular complexity index is 663. The van der Waals surface area contributed by atoms with Crippen molar-refractivity contribution in [3.63, 3.8) is 0 Å². The van der Waals surface area contributed by atoms with E-state index in [4.69, 9.17) is 0 Å². The summed E-state index contributed by atoms with van der Waals surface area (Å²) in [6.45, 7) is 2.31. The maximum absolute atomic E-state index is 13.6. The maximum atomic E-state index is 13.6. The van der Waals surface area contributed by atoms with Crippen LogP contribution < -0.4 is 0 Å². The monoisotopic (exact) mass is 335 g/mol. The molecule has 0 saturated carbocycles. The maximum Gasteiger partial charge on any atom is 0.235 e. The third-order valence-electron chi connectivity index (χ3n) is 3.51. The summed E-state index contributed by atoms with van der Waals surface area (Å²) in [7, 11) is 1.75. The normalized spacial score (nSPS) is 12.0. The predicted octanol–water partition coefficient (Wildman–Crippen LogP) is 4.25. The van der Waals surface area contributed by atoms with Crippen LogP contribution in [0.15, 0.2) is 48.5 Å². The largest absolute Gasteiger partial charge is 0.340 e. The second kappa shape index (κ2) is 8.11. The summed E-state index contributed by atoms with van der Waals surface area (Å²) in [6, 6.07) is 13.8. The molecule has 2 aromatic carbocycles. The second-order valence-corrected chi connectivity index (χ2v) is 6.68. The average Bonchev–Trinajstić information content (AvgIpc) is 2.56. The highest BCUT2D eigenvalue weighted by molar-refractivity contribution is 7.99. The molecule has 0 bridgehead atoms. The number of carbonyl (C=O) groups is 1. The Kier molecular flexibility index (Phi) is 6.16. The average molecular weight is 335 g/mol. The van der Waals surface area contributed by atoms with Gasteiger partial charge in [0.15, 0.2) is 11.6 Å². The molecule has 0 fully saturated rings. The molecular formula is C18H19F2NOS. The first-order valence-corrected chi connectivity index (χ1v) is 8.37. The van der Waals surface area contributed by atoms with E-state index in [0.717, 1.165) is 11.6 Å². The van der Waals surface area contributed by atoms with Crippen molar-refractivity contribution in [2.45, 2.75) is 24.5 Å². The van der Waals surface area contributed by atoms with Crippen molar-refractivity contribution in [3.05, 3.63) is 71.3 Å². The standard InChI is InChI=1S/C18H19F2NOS/c1-13(23-12-15-9-6-10-16(19)17(15)20)18(22)21(2)11-14-7-4-3-5-8-14/h3-10,13H,11-12H2,1-2H3. The van der Waals surface area contributed by atoms with Crippen molar-refractivity contribution in [1.82, 2.24) is 4.90 Å². The summed E-state index contributed by atoms with van der Waals surface area (Å²) in [5.74, 6) is -1.47. The van der Waals surface area contributed by atoms with Gasteiger partial charge in [-0.3, -0.25) is 4.79 Å². The molecule has 0 aliphatic heterocycles. The molecule has 1 unspecified atom stereocenters. The molecular weight excluding hydrogens is 316 g/mol. The van der Waals surface area contributed by atoms with E-state index in [1.807, 2.05) is 30.3 Å². The third kappa shape index (κ3) is 4.79. The number of thioether (sulfide) groups is 1. The summed E-state index contributed by atoms with van der Waals surface area (Å²) in [4.78, 5) is 14.0. The van der Waals surface area contributed by atoms with E-state index in [9.17, 15) is 13.6 Å². The van der Waals surface area contributed by atoms with Gasteiger partial charge in [-0.25, -0.2) is 8.78 Å². The fourth-order valence-corrected chi connectivity index (χ4v) is 3.17. The first kappa shape index (κ1) is 17.5. The summed E-state index contributed by atoms with van der Waals surface area (Å²) in [6.07, 6.45) is 0. The summed E-state index contributed by atoms with van der Waals surface area (Å²) >= 11 is 1.30. The van der Waals surface area contributed by atoms with E-state index < -0.39 is 11.6 Å². The van der Waals surface area contributed by atoms with Crippen molar-refractivity contribution in [2.24, 2.45) is 0 Å². The molecule has 122 valence electrons. The van der Waals surface area contributed by atoms with Crippen molar-refractivity contribution in [1.29, 1.82) is 0 Å². The molecule has 1 atom stereocenters. The highest BCUT2D eigenvalue weighted by Crippen LogP contribution is 2.22. The molecule has 2 aromatic rings. The molecule has 0 aliphatic rings. The molecule has 2 nitrogen and oxygen atoms in total.